The van der Waals surface area contributed by atoms with E-state index in [0.717, 1.165) is 51.6 Å². The van der Waals surface area contributed by atoms with Gasteiger partial charge in [-0.15, -0.1) is 0 Å². The molecule has 2 heterocycles. The highest BCUT2D eigenvalue weighted by Gasteiger charge is 2.17. The quantitative estimate of drug-likeness (QED) is 0.386. The number of amides is 1. The summed E-state index contributed by atoms with van der Waals surface area (Å²) in [5.74, 6) is 1.73. The molecule has 198 valence electrons. The second kappa shape index (κ2) is 12.5. The van der Waals surface area contributed by atoms with Gasteiger partial charge in [0, 0.05) is 44.9 Å². The first-order valence-corrected chi connectivity index (χ1v) is 13.7. The Labute approximate surface area is 221 Å². The highest BCUT2D eigenvalue weighted by atomic mass is 32.2. The van der Waals surface area contributed by atoms with Crippen molar-refractivity contribution in [2.45, 2.75) is 51.1 Å². The first-order valence-electron chi connectivity index (χ1n) is 12.6. The van der Waals surface area contributed by atoms with Crippen molar-refractivity contribution in [2.24, 2.45) is 0 Å². The van der Waals surface area contributed by atoms with Crippen LogP contribution in [0.25, 0.3) is 11.3 Å². The number of nitrogens with one attached hydrogen (secondary N) is 1. The molecule has 0 spiro atoms. The summed E-state index contributed by atoms with van der Waals surface area (Å²) in [5.41, 5.74) is 4.94. The molecule has 37 heavy (non-hydrogen) atoms. The molecular weight excluding hydrogens is 488 g/mol. The summed E-state index contributed by atoms with van der Waals surface area (Å²) in [6.07, 6.45) is 5.60. The van der Waals surface area contributed by atoms with Crippen LogP contribution in [0, 0.1) is 13.8 Å². The molecule has 1 N–H and O–H groups in total. The van der Waals surface area contributed by atoms with E-state index in [1.54, 1.807) is 18.5 Å². The van der Waals surface area contributed by atoms with Crippen molar-refractivity contribution in [2.75, 3.05) is 33.9 Å². The molecule has 3 aromatic rings. The molecule has 4 rings (SSSR count). The van der Waals surface area contributed by atoms with Gasteiger partial charge in [-0.3, -0.25) is 4.79 Å². The maximum Gasteiger partial charge on any atom is 0.246 e. The van der Waals surface area contributed by atoms with E-state index in [4.69, 9.17) is 14.5 Å². The van der Waals surface area contributed by atoms with Gasteiger partial charge in [-0.2, -0.15) is 0 Å². The summed E-state index contributed by atoms with van der Waals surface area (Å²) in [7, 11) is 2.08. The SMILES string of the molecule is COc1cc(C)c(S(=O)N(C)CCOCC(=O)NCc2ccc(-c3cn4c(n3)CCCC4)cc2)c(C)c1. The third-order valence-corrected chi connectivity index (χ3v) is 8.30. The predicted octanol–water partition coefficient (Wildman–Crippen LogP) is 3.80. The molecule has 2 aromatic carbocycles. The molecule has 0 saturated heterocycles. The number of benzene rings is 2. The number of hydrogen-bond acceptors (Lipinski definition) is 5. The first kappa shape index (κ1) is 27.0. The number of fused-ring (bicyclic) bond motifs is 1. The molecule has 1 amide bonds. The minimum atomic E-state index is -1.33. The highest BCUT2D eigenvalue weighted by Crippen LogP contribution is 2.26. The van der Waals surface area contributed by atoms with Crippen molar-refractivity contribution >= 4 is 16.9 Å². The monoisotopic (exact) mass is 524 g/mol. The third-order valence-electron chi connectivity index (χ3n) is 6.56. The Morgan fingerprint density at radius 1 is 1.16 bits per heavy atom. The molecule has 1 aliphatic heterocycles. The zero-order chi connectivity index (χ0) is 26.4. The lowest BCUT2D eigenvalue weighted by atomic mass is 10.1. The van der Waals surface area contributed by atoms with Gasteiger partial charge in [0.05, 0.1) is 24.3 Å². The summed E-state index contributed by atoms with van der Waals surface area (Å²) in [6, 6.07) is 11.9. The summed E-state index contributed by atoms with van der Waals surface area (Å²) in [5, 5.41) is 2.89. The van der Waals surface area contributed by atoms with Crippen molar-refractivity contribution in [1.82, 2.24) is 19.2 Å². The van der Waals surface area contributed by atoms with E-state index in [2.05, 4.69) is 28.2 Å². The molecule has 8 nitrogen and oxygen atoms in total. The molecule has 0 radical (unpaired) electrons. The molecule has 1 aromatic heterocycles. The number of ether oxygens (including phenoxy) is 2. The Hall–Kier alpha value is -3.01. The van der Waals surface area contributed by atoms with Crippen molar-refractivity contribution in [1.29, 1.82) is 0 Å². The summed E-state index contributed by atoms with van der Waals surface area (Å²) in [4.78, 5) is 17.8. The van der Waals surface area contributed by atoms with Crippen molar-refractivity contribution in [3.05, 3.63) is 65.1 Å². The largest absolute Gasteiger partial charge is 0.497 e. The van der Waals surface area contributed by atoms with Crippen LogP contribution in [0.5, 0.6) is 5.75 Å². The summed E-state index contributed by atoms with van der Waals surface area (Å²) < 4.78 is 27.8. The van der Waals surface area contributed by atoms with Crippen molar-refractivity contribution in [3.8, 4) is 17.0 Å². The molecule has 0 saturated carbocycles. The topological polar surface area (TPSA) is 85.7 Å². The summed E-state index contributed by atoms with van der Waals surface area (Å²) in [6.45, 7) is 6.02. The van der Waals surface area contributed by atoms with E-state index in [1.807, 2.05) is 38.1 Å². The van der Waals surface area contributed by atoms with E-state index >= 15 is 0 Å². The number of aromatic nitrogens is 2. The van der Waals surface area contributed by atoms with Gasteiger partial charge in [0.2, 0.25) is 5.91 Å². The van der Waals surface area contributed by atoms with Gasteiger partial charge in [-0.1, -0.05) is 24.3 Å². The van der Waals surface area contributed by atoms with Crippen LogP contribution < -0.4 is 10.1 Å². The van der Waals surface area contributed by atoms with Crippen LogP contribution in [-0.4, -0.2) is 57.9 Å². The van der Waals surface area contributed by atoms with E-state index in [-0.39, 0.29) is 12.5 Å². The molecule has 0 bridgehead atoms. The number of likely N-dealkylation sites (N-methyl/N-ethyl adjacent to an activating group) is 1. The van der Waals surface area contributed by atoms with Gasteiger partial charge in [-0.05, 0) is 55.5 Å². The Morgan fingerprint density at radius 2 is 1.89 bits per heavy atom. The smallest absolute Gasteiger partial charge is 0.246 e. The standard InChI is InChI=1S/C28H36N4O4S/c1-20-15-24(35-4)16-21(2)28(20)37(34)31(3)13-14-36-19-27(33)29-17-22-8-10-23(11-9-22)25-18-32-12-6-5-7-26(32)30-25/h8-11,15-16,18H,5-7,12-14,17,19H2,1-4H3,(H,29,33). The molecule has 1 atom stereocenters. The third kappa shape index (κ3) is 6.85. The normalized spacial score (nSPS) is 13.9. The van der Waals surface area contributed by atoms with Gasteiger partial charge in [0.1, 0.15) is 29.2 Å². The second-order valence-corrected chi connectivity index (χ2v) is 10.9. The Balaban J connectivity index is 1.18. The van der Waals surface area contributed by atoms with Crippen LogP contribution in [0.1, 0.15) is 35.4 Å². The molecule has 0 aliphatic carbocycles. The van der Waals surface area contributed by atoms with Crippen molar-refractivity contribution in [3.63, 3.8) is 0 Å². The molecular formula is C28H36N4O4S. The average molecular weight is 525 g/mol. The summed E-state index contributed by atoms with van der Waals surface area (Å²) >= 11 is 0. The fourth-order valence-electron chi connectivity index (χ4n) is 4.50. The van der Waals surface area contributed by atoms with Gasteiger partial charge in [0.15, 0.2) is 0 Å². The van der Waals surface area contributed by atoms with E-state index < -0.39 is 11.0 Å². The van der Waals surface area contributed by atoms with E-state index in [1.165, 1.54) is 18.7 Å². The average Bonchev–Trinajstić information content (AvgIpc) is 3.34. The molecule has 1 unspecified atom stereocenters. The maximum absolute atomic E-state index is 13.0. The van der Waals surface area contributed by atoms with Crippen LogP contribution in [0.2, 0.25) is 0 Å². The van der Waals surface area contributed by atoms with Crippen molar-refractivity contribution < 1.29 is 18.5 Å². The van der Waals surface area contributed by atoms with Gasteiger partial charge < -0.3 is 19.4 Å². The number of carbonyl (C=O) groups is 1. The molecule has 1 aliphatic rings. The highest BCUT2D eigenvalue weighted by molar-refractivity contribution is 7.82. The van der Waals surface area contributed by atoms with Gasteiger partial charge in [0.25, 0.3) is 0 Å². The molecule has 0 fully saturated rings. The van der Waals surface area contributed by atoms with Crippen LogP contribution >= 0.6 is 0 Å². The lowest BCUT2D eigenvalue weighted by molar-refractivity contribution is -0.125. The van der Waals surface area contributed by atoms with Crippen LogP contribution in [0.15, 0.2) is 47.5 Å². The fourth-order valence-corrected chi connectivity index (χ4v) is 5.72. The molecule has 9 heteroatoms. The minimum absolute atomic E-state index is 0.0423. The number of rotatable bonds is 11. The number of aryl methyl sites for hydroxylation is 4. The first-order chi connectivity index (χ1) is 17.9. The second-order valence-electron chi connectivity index (χ2n) is 9.41. The van der Waals surface area contributed by atoms with Gasteiger partial charge >= 0.3 is 0 Å². The number of carbonyl (C=O) groups excluding carboxylic acids is 1. The van der Waals surface area contributed by atoms with Crippen LogP contribution in [0.3, 0.4) is 0 Å². The number of methoxy groups -OCH3 is 1. The van der Waals surface area contributed by atoms with E-state index in [9.17, 15) is 9.00 Å². The predicted molar refractivity (Wildman–Crippen MR) is 145 cm³/mol. The number of nitrogens with zero attached hydrogens (tertiary/aromatic N) is 3. The van der Waals surface area contributed by atoms with E-state index in [0.29, 0.717) is 19.7 Å². The zero-order valence-corrected chi connectivity index (χ0v) is 22.9. The lowest BCUT2D eigenvalue weighted by Crippen LogP contribution is -2.30. The van der Waals surface area contributed by atoms with Crippen LogP contribution in [0.4, 0.5) is 0 Å². The van der Waals surface area contributed by atoms with Gasteiger partial charge in [-0.25, -0.2) is 13.5 Å². The number of imidazole rings is 1. The Kier molecular flexibility index (Phi) is 9.13. The zero-order valence-electron chi connectivity index (χ0n) is 22.1. The fraction of sp³-hybridized carbons (Fsp3) is 0.429. The lowest BCUT2D eigenvalue weighted by Gasteiger charge is -2.19. The minimum Gasteiger partial charge on any atom is -0.497 e. The van der Waals surface area contributed by atoms with Crippen LogP contribution in [-0.2, 0) is 40.0 Å². The number of hydrogen-bond donors (Lipinski definition) is 1. The maximum atomic E-state index is 13.0. The Morgan fingerprint density at radius 3 is 2.57 bits per heavy atom. The Bertz CT molecular complexity index is 1210.